The van der Waals surface area contributed by atoms with Crippen LogP contribution in [0.3, 0.4) is 0 Å². The fourth-order valence-electron chi connectivity index (χ4n) is 2.57. The second-order valence-electron chi connectivity index (χ2n) is 6.04. The van der Waals surface area contributed by atoms with Crippen molar-refractivity contribution in [3.05, 3.63) is 0 Å². The van der Waals surface area contributed by atoms with Crippen molar-refractivity contribution in [2.75, 3.05) is 46.4 Å². The lowest BCUT2D eigenvalue weighted by atomic mass is 9.96. The van der Waals surface area contributed by atoms with Gasteiger partial charge in [-0.15, -0.1) is 0 Å². The number of nitrogens with zero attached hydrogens (tertiary/aromatic N) is 1. The van der Waals surface area contributed by atoms with Crippen molar-refractivity contribution in [1.29, 1.82) is 0 Å². The predicted molar refractivity (Wildman–Crippen MR) is 78.0 cm³/mol. The van der Waals surface area contributed by atoms with E-state index in [0.717, 1.165) is 25.0 Å². The average Bonchev–Trinajstić information content (AvgIpc) is 2.36. The standard InChI is InChI=1S/C15H32N2O/c1-14(2)12-16-13-15-6-9-17(10-7-15)8-4-5-11-18-3/h14-16H,4-13H2,1-3H3. The van der Waals surface area contributed by atoms with Gasteiger partial charge in [0.05, 0.1) is 0 Å². The van der Waals surface area contributed by atoms with Crippen LogP contribution in [-0.4, -0.2) is 51.3 Å². The van der Waals surface area contributed by atoms with Crippen molar-refractivity contribution >= 4 is 0 Å². The van der Waals surface area contributed by atoms with E-state index in [1.54, 1.807) is 7.11 Å². The van der Waals surface area contributed by atoms with E-state index in [-0.39, 0.29) is 0 Å². The van der Waals surface area contributed by atoms with E-state index >= 15 is 0 Å². The first-order chi connectivity index (χ1) is 8.72. The molecule has 1 N–H and O–H groups in total. The van der Waals surface area contributed by atoms with Crippen LogP contribution in [-0.2, 0) is 4.74 Å². The Morgan fingerprint density at radius 3 is 2.56 bits per heavy atom. The highest BCUT2D eigenvalue weighted by Crippen LogP contribution is 2.16. The maximum absolute atomic E-state index is 5.09. The molecule has 1 fully saturated rings. The normalized spacial score (nSPS) is 18.7. The number of ether oxygens (including phenoxy) is 1. The predicted octanol–water partition coefficient (Wildman–Crippen LogP) is 2.37. The molecule has 1 aliphatic heterocycles. The lowest BCUT2D eigenvalue weighted by Crippen LogP contribution is -2.38. The molecule has 1 rings (SSSR count). The summed E-state index contributed by atoms with van der Waals surface area (Å²) in [5.74, 6) is 1.67. The topological polar surface area (TPSA) is 24.5 Å². The SMILES string of the molecule is COCCCCN1CCC(CNCC(C)C)CC1. The van der Waals surface area contributed by atoms with E-state index in [4.69, 9.17) is 4.74 Å². The molecule has 0 aromatic carbocycles. The number of rotatable bonds is 9. The highest BCUT2D eigenvalue weighted by molar-refractivity contribution is 4.74. The van der Waals surface area contributed by atoms with E-state index in [1.807, 2.05) is 0 Å². The van der Waals surface area contributed by atoms with E-state index in [9.17, 15) is 0 Å². The van der Waals surface area contributed by atoms with Crippen molar-refractivity contribution in [1.82, 2.24) is 10.2 Å². The number of likely N-dealkylation sites (tertiary alicyclic amines) is 1. The Balaban J connectivity index is 1.98. The molecule has 18 heavy (non-hydrogen) atoms. The molecule has 1 saturated heterocycles. The maximum Gasteiger partial charge on any atom is 0.0462 e. The van der Waals surface area contributed by atoms with Crippen LogP contribution in [0.1, 0.15) is 39.5 Å². The molecule has 0 spiro atoms. The second-order valence-corrected chi connectivity index (χ2v) is 6.04. The smallest absolute Gasteiger partial charge is 0.0462 e. The first-order valence-corrected chi connectivity index (χ1v) is 7.64. The fourth-order valence-corrected chi connectivity index (χ4v) is 2.57. The van der Waals surface area contributed by atoms with Crippen LogP contribution < -0.4 is 5.32 Å². The van der Waals surface area contributed by atoms with Crippen LogP contribution in [0.4, 0.5) is 0 Å². The van der Waals surface area contributed by atoms with E-state index in [2.05, 4.69) is 24.1 Å². The molecule has 0 aromatic heterocycles. The zero-order valence-corrected chi connectivity index (χ0v) is 12.6. The van der Waals surface area contributed by atoms with Gasteiger partial charge in [0.1, 0.15) is 0 Å². The minimum absolute atomic E-state index is 0.769. The second kappa shape index (κ2) is 9.76. The van der Waals surface area contributed by atoms with Crippen LogP contribution in [0.2, 0.25) is 0 Å². The largest absolute Gasteiger partial charge is 0.385 e. The first-order valence-electron chi connectivity index (χ1n) is 7.64. The fraction of sp³-hybridized carbons (Fsp3) is 1.00. The molecule has 0 aliphatic carbocycles. The zero-order chi connectivity index (χ0) is 13.2. The Hall–Kier alpha value is -0.120. The summed E-state index contributed by atoms with van der Waals surface area (Å²) in [6.07, 6.45) is 5.22. The first kappa shape index (κ1) is 15.9. The van der Waals surface area contributed by atoms with E-state index < -0.39 is 0 Å². The number of methoxy groups -OCH3 is 1. The zero-order valence-electron chi connectivity index (χ0n) is 12.6. The number of piperidine rings is 1. The average molecular weight is 256 g/mol. The van der Waals surface area contributed by atoms with Crippen molar-refractivity contribution in [3.63, 3.8) is 0 Å². The summed E-state index contributed by atoms with van der Waals surface area (Å²) in [7, 11) is 1.79. The quantitative estimate of drug-likeness (QED) is 0.641. The highest BCUT2D eigenvalue weighted by atomic mass is 16.5. The highest BCUT2D eigenvalue weighted by Gasteiger charge is 2.18. The van der Waals surface area contributed by atoms with E-state index in [0.29, 0.717) is 0 Å². The Kier molecular flexibility index (Phi) is 8.64. The molecule has 0 atom stereocenters. The summed E-state index contributed by atoms with van der Waals surface area (Å²) in [5, 5.41) is 3.59. The van der Waals surface area contributed by atoms with Crippen molar-refractivity contribution in [2.45, 2.75) is 39.5 Å². The van der Waals surface area contributed by atoms with Gasteiger partial charge in [-0.3, -0.25) is 0 Å². The molecular formula is C15H32N2O. The minimum atomic E-state index is 0.769. The van der Waals surface area contributed by atoms with Gasteiger partial charge in [-0.25, -0.2) is 0 Å². The van der Waals surface area contributed by atoms with Gasteiger partial charge in [0.25, 0.3) is 0 Å². The maximum atomic E-state index is 5.09. The molecule has 0 saturated carbocycles. The number of hydrogen-bond acceptors (Lipinski definition) is 3. The third-order valence-electron chi connectivity index (χ3n) is 3.77. The Labute approximate surface area is 113 Å². The van der Waals surface area contributed by atoms with Crippen LogP contribution >= 0.6 is 0 Å². The molecular weight excluding hydrogens is 224 g/mol. The van der Waals surface area contributed by atoms with Crippen LogP contribution in [0.15, 0.2) is 0 Å². The van der Waals surface area contributed by atoms with Gasteiger partial charge in [0.15, 0.2) is 0 Å². The summed E-state index contributed by atoms with van der Waals surface area (Å²) >= 11 is 0. The van der Waals surface area contributed by atoms with Gasteiger partial charge < -0.3 is 15.0 Å². The summed E-state index contributed by atoms with van der Waals surface area (Å²) < 4.78 is 5.09. The Morgan fingerprint density at radius 2 is 1.94 bits per heavy atom. The van der Waals surface area contributed by atoms with Gasteiger partial charge >= 0.3 is 0 Å². The van der Waals surface area contributed by atoms with Crippen LogP contribution in [0, 0.1) is 11.8 Å². The van der Waals surface area contributed by atoms with Gasteiger partial charge in [-0.1, -0.05) is 13.8 Å². The monoisotopic (exact) mass is 256 g/mol. The molecule has 1 aliphatic rings. The molecule has 0 unspecified atom stereocenters. The lowest BCUT2D eigenvalue weighted by Gasteiger charge is -2.32. The minimum Gasteiger partial charge on any atom is -0.385 e. The Morgan fingerprint density at radius 1 is 1.22 bits per heavy atom. The molecule has 0 amide bonds. The summed E-state index contributed by atoms with van der Waals surface area (Å²) in [5.41, 5.74) is 0. The molecule has 3 heteroatoms. The third-order valence-corrected chi connectivity index (χ3v) is 3.77. The third kappa shape index (κ3) is 7.34. The number of hydrogen-bond donors (Lipinski definition) is 1. The summed E-state index contributed by atoms with van der Waals surface area (Å²) in [4.78, 5) is 2.62. The van der Waals surface area contributed by atoms with Crippen LogP contribution in [0.5, 0.6) is 0 Å². The van der Waals surface area contributed by atoms with Crippen molar-refractivity contribution in [3.8, 4) is 0 Å². The van der Waals surface area contributed by atoms with Crippen LogP contribution in [0.25, 0.3) is 0 Å². The van der Waals surface area contributed by atoms with E-state index in [1.165, 1.54) is 51.9 Å². The summed E-state index contributed by atoms with van der Waals surface area (Å²) in [6, 6.07) is 0. The van der Waals surface area contributed by atoms with Crippen molar-refractivity contribution < 1.29 is 4.74 Å². The molecule has 0 bridgehead atoms. The number of nitrogens with one attached hydrogen (secondary N) is 1. The number of unbranched alkanes of at least 4 members (excludes halogenated alkanes) is 1. The van der Waals surface area contributed by atoms with Gasteiger partial charge in [0.2, 0.25) is 0 Å². The van der Waals surface area contributed by atoms with Gasteiger partial charge in [-0.05, 0) is 70.2 Å². The summed E-state index contributed by atoms with van der Waals surface area (Å²) in [6.45, 7) is 11.7. The van der Waals surface area contributed by atoms with Gasteiger partial charge in [-0.2, -0.15) is 0 Å². The Bertz CT molecular complexity index is 189. The van der Waals surface area contributed by atoms with Gasteiger partial charge in [0, 0.05) is 13.7 Å². The molecule has 0 aromatic rings. The molecule has 0 radical (unpaired) electrons. The lowest BCUT2D eigenvalue weighted by molar-refractivity contribution is 0.161. The van der Waals surface area contributed by atoms with Crippen molar-refractivity contribution in [2.24, 2.45) is 11.8 Å². The molecule has 108 valence electrons. The molecule has 1 heterocycles. The molecule has 3 nitrogen and oxygen atoms in total.